The first-order chi connectivity index (χ1) is 11.6. The Hall–Kier alpha value is -1.65. The molecule has 0 aliphatic heterocycles. The van der Waals surface area contributed by atoms with E-state index in [0.29, 0.717) is 25.7 Å². The summed E-state index contributed by atoms with van der Waals surface area (Å²) in [5.74, 6) is -0.794. The molecule has 0 aromatic rings. The van der Waals surface area contributed by atoms with Crippen molar-refractivity contribution in [2.24, 2.45) is 0 Å². The van der Waals surface area contributed by atoms with E-state index in [1.807, 2.05) is 18.2 Å². The fraction of sp³-hybridized carbons (Fsp3) is 0.550. The number of hydrogen-bond acceptors (Lipinski definition) is 3. The Morgan fingerprint density at radius 3 is 1.88 bits per heavy atom. The average Bonchev–Trinajstić information content (AvgIpc) is 2.55. The molecule has 0 bridgehead atoms. The molecule has 0 unspecified atom stereocenters. The Bertz CT molecular complexity index is 421. The van der Waals surface area contributed by atoms with Crippen molar-refractivity contribution in [3.8, 4) is 0 Å². The molecule has 0 aliphatic rings. The summed E-state index contributed by atoms with van der Waals surface area (Å²) in [5, 5.41) is 28.2. The zero-order valence-electron chi connectivity index (χ0n) is 14.7. The van der Waals surface area contributed by atoms with E-state index < -0.39 is 18.2 Å². The molecule has 0 aliphatic carbocycles. The van der Waals surface area contributed by atoms with Gasteiger partial charge < -0.3 is 15.3 Å². The first-order valence-electron chi connectivity index (χ1n) is 8.75. The molecule has 136 valence electrons. The second kappa shape index (κ2) is 16.2. The molecule has 0 saturated carbocycles. The Morgan fingerprint density at radius 1 is 0.833 bits per heavy atom. The number of carboxylic acids is 1. The van der Waals surface area contributed by atoms with Gasteiger partial charge in [-0.05, 0) is 44.9 Å². The lowest BCUT2D eigenvalue weighted by Crippen LogP contribution is -2.24. The highest BCUT2D eigenvalue weighted by molar-refractivity contribution is 5.66. The normalized spacial score (nSPS) is 15.1. The standard InChI is InChI=1S/C20H32O4/c1-2-3-4-5-6-7-8-9-12-15-18(21)19(22)16-13-10-11-14-17-20(23)24/h3-4,6-7,9-10,12-13,18-19,21-22H,2,5,8,11,14-17H2,1H3,(H,23,24)/b4-3-,7-6-,12-9-,13-10-/t18-,19-/m1/s1. The van der Waals surface area contributed by atoms with Gasteiger partial charge in [0.15, 0.2) is 0 Å². The molecule has 0 fully saturated rings. The number of aliphatic carboxylic acids is 1. The van der Waals surface area contributed by atoms with Crippen molar-refractivity contribution in [2.45, 2.75) is 70.5 Å². The molecule has 4 heteroatoms. The molecule has 0 saturated heterocycles. The van der Waals surface area contributed by atoms with E-state index in [-0.39, 0.29) is 6.42 Å². The van der Waals surface area contributed by atoms with Gasteiger partial charge in [-0.1, -0.05) is 55.5 Å². The molecule has 0 aromatic carbocycles. The molecule has 4 nitrogen and oxygen atoms in total. The molecule has 0 amide bonds. The van der Waals surface area contributed by atoms with Gasteiger partial charge in [0.2, 0.25) is 0 Å². The van der Waals surface area contributed by atoms with Crippen molar-refractivity contribution in [1.82, 2.24) is 0 Å². The van der Waals surface area contributed by atoms with Crippen molar-refractivity contribution >= 4 is 5.97 Å². The second-order valence-electron chi connectivity index (χ2n) is 5.66. The lowest BCUT2D eigenvalue weighted by molar-refractivity contribution is -0.137. The maximum Gasteiger partial charge on any atom is 0.303 e. The number of carbonyl (C=O) groups is 1. The van der Waals surface area contributed by atoms with Gasteiger partial charge in [0.1, 0.15) is 0 Å². The van der Waals surface area contributed by atoms with Crippen molar-refractivity contribution in [3.05, 3.63) is 48.6 Å². The van der Waals surface area contributed by atoms with Crippen molar-refractivity contribution < 1.29 is 20.1 Å². The summed E-state index contributed by atoms with van der Waals surface area (Å²) in [5.41, 5.74) is 0. The molecule has 3 N–H and O–H groups in total. The molecule has 24 heavy (non-hydrogen) atoms. The Morgan fingerprint density at radius 2 is 1.33 bits per heavy atom. The molecule has 0 rings (SSSR count). The predicted molar refractivity (Wildman–Crippen MR) is 98.8 cm³/mol. The number of hydrogen-bond donors (Lipinski definition) is 3. The first kappa shape index (κ1) is 22.4. The van der Waals surface area contributed by atoms with Gasteiger partial charge in [0.25, 0.3) is 0 Å². The Balaban J connectivity index is 3.75. The quantitative estimate of drug-likeness (QED) is 0.329. The molecular formula is C20H32O4. The van der Waals surface area contributed by atoms with Crippen LogP contribution < -0.4 is 0 Å². The van der Waals surface area contributed by atoms with Gasteiger partial charge in [-0.2, -0.15) is 0 Å². The Labute approximate surface area is 145 Å². The summed E-state index contributed by atoms with van der Waals surface area (Å²) < 4.78 is 0. The van der Waals surface area contributed by atoms with Crippen LogP contribution in [0.15, 0.2) is 48.6 Å². The van der Waals surface area contributed by atoms with Crippen molar-refractivity contribution in [2.75, 3.05) is 0 Å². The third-order valence-corrected chi connectivity index (χ3v) is 3.41. The smallest absolute Gasteiger partial charge is 0.303 e. The highest BCUT2D eigenvalue weighted by atomic mass is 16.4. The molecule has 0 radical (unpaired) electrons. The van der Waals surface area contributed by atoms with E-state index in [4.69, 9.17) is 5.11 Å². The van der Waals surface area contributed by atoms with Crippen molar-refractivity contribution in [3.63, 3.8) is 0 Å². The van der Waals surface area contributed by atoms with Crippen LogP contribution in [-0.4, -0.2) is 33.5 Å². The summed E-state index contributed by atoms with van der Waals surface area (Å²) in [6.07, 6.45) is 19.5. The first-order valence-corrected chi connectivity index (χ1v) is 8.75. The average molecular weight is 336 g/mol. The number of rotatable bonds is 14. The maximum absolute atomic E-state index is 10.3. The van der Waals surface area contributed by atoms with Gasteiger partial charge in [0.05, 0.1) is 12.2 Å². The van der Waals surface area contributed by atoms with E-state index in [1.165, 1.54) is 0 Å². The van der Waals surface area contributed by atoms with Gasteiger partial charge >= 0.3 is 5.97 Å². The summed E-state index contributed by atoms with van der Waals surface area (Å²) in [4.78, 5) is 10.3. The summed E-state index contributed by atoms with van der Waals surface area (Å²) in [6, 6.07) is 0. The fourth-order valence-corrected chi connectivity index (χ4v) is 1.98. The number of allylic oxidation sites excluding steroid dienone is 6. The van der Waals surface area contributed by atoms with Crippen LogP contribution in [0.25, 0.3) is 0 Å². The van der Waals surface area contributed by atoms with E-state index in [1.54, 1.807) is 6.08 Å². The lowest BCUT2D eigenvalue weighted by atomic mass is 10.1. The number of carboxylic acid groups (broad SMARTS) is 1. The van der Waals surface area contributed by atoms with Gasteiger partial charge in [0, 0.05) is 6.42 Å². The SMILES string of the molecule is CC/C=C\C/C=C\C/C=C\C[C@@H](O)[C@H](O)C/C=C\CCCC(=O)O. The highest BCUT2D eigenvalue weighted by Gasteiger charge is 2.12. The van der Waals surface area contributed by atoms with E-state index in [9.17, 15) is 15.0 Å². The zero-order chi connectivity index (χ0) is 18.0. The fourth-order valence-electron chi connectivity index (χ4n) is 1.98. The van der Waals surface area contributed by atoms with Crippen LogP contribution in [0.2, 0.25) is 0 Å². The van der Waals surface area contributed by atoms with Crippen LogP contribution in [-0.2, 0) is 4.79 Å². The minimum absolute atomic E-state index is 0.156. The van der Waals surface area contributed by atoms with Crippen LogP contribution >= 0.6 is 0 Å². The monoisotopic (exact) mass is 336 g/mol. The minimum atomic E-state index is -0.794. The largest absolute Gasteiger partial charge is 0.481 e. The zero-order valence-corrected chi connectivity index (χ0v) is 14.7. The Kier molecular flexibility index (Phi) is 15.1. The third-order valence-electron chi connectivity index (χ3n) is 3.41. The van der Waals surface area contributed by atoms with Crippen molar-refractivity contribution in [1.29, 1.82) is 0 Å². The van der Waals surface area contributed by atoms with E-state index in [0.717, 1.165) is 19.3 Å². The number of aliphatic hydroxyl groups excluding tert-OH is 2. The second-order valence-corrected chi connectivity index (χ2v) is 5.66. The number of aliphatic hydroxyl groups is 2. The molecule has 0 spiro atoms. The molecular weight excluding hydrogens is 304 g/mol. The maximum atomic E-state index is 10.3. The third kappa shape index (κ3) is 15.3. The summed E-state index contributed by atoms with van der Waals surface area (Å²) >= 11 is 0. The lowest BCUT2D eigenvalue weighted by Gasteiger charge is -2.14. The number of unbranched alkanes of at least 4 members (excludes halogenated alkanes) is 1. The van der Waals surface area contributed by atoms with Gasteiger partial charge in [-0.3, -0.25) is 4.79 Å². The highest BCUT2D eigenvalue weighted by Crippen LogP contribution is 2.07. The van der Waals surface area contributed by atoms with Crippen LogP contribution in [0.1, 0.15) is 58.3 Å². The summed E-state index contributed by atoms with van der Waals surface area (Å²) in [7, 11) is 0. The van der Waals surface area contributed by atoms with E-state index >= 15 is 0 Å². The topological polar surface area (TPSA) is 77.8 Å². The van der Waals surface area contributed by atoms with Gasteiger partial charge in [-0.15, -0.1) is 0 Å². The van der Waals surface area contributed by atoms with Crippen LogP contribution in [0, 0.1) is 0 Å². The predicted octanol–water partition coefficient (Wildman–Crippen LogP) is 4.16. The van der Waals surface area contributed by atoms with Crippen LogP contribution in [0.3, 0.4) is 0 Å². The van der Waals surface area contributed by atoms with Crippen LogP contribution in [0.4, 0.5) is 0 Å². The van der Waals surface area contributed by atoms with E-state index in [2.05, 4.69) is 31.2 Å². The molecule has 2 atom stereocenters. The molecule has 0 heterocycles. The summed E-state index contributed by atoms with van der Waals surface area (Å²) in [6.45, 7) is 2.11. The van der Waals surface area contributed by atoms with Crippen LogP contribution in [0.5, 0.6) is 0 Å². The van der Waals surface area contributed by atoms with Gasteiger partial charge in [-0.25, -0.2) is 0 Å². The minimum Gasteiger partial charge on any atom is -0.481 e. The molecule has 0 aromatic heterocycles.